The van der Waals surface area contributed by atoms with Crippen molar-refractivity contribution in [2.45, 2.75) is 0 Å². The van der Waals surface area contributed by atoms with Crippen molar-refractivity contribution in [2.24, 2.45) is 0 Å². The first-order valence-electron chi connectivity index (χ1n) is 5.88. The second-order valence-electron chi connectivity index (χ2n) is 4.19. The van der Waals surface area contributed by atoms with Crippen molar-refractivity contribution in [1.82, 2.24) is 15.0 Å². The summed E-state index contributed by atoms with van der Waals surface area (Å²) in [6.07, 6.45) is -1.28. The van der Waals surface area contributed by atoms with Crippen LogP contribution in [0.2, 0.25) is 0 Å². The highest BCUT2D eigenvalue weighted by atomic mass is 16.5. The van der Waals surface area contributed by atoms with Crippen LogP contribution < -0.4 is 14.7 Å². The van der Waals surface area contributed by atoms with Crippen molar-refractivity contribution in [1.29, 1.82) is 0 Å². The van der Waals surface area contributed by atoms with Crippen LogP contribution >= 0.6 is 0 Å². The van der Waals surface area contributed by atoms with Gasteiger partial charge in [-0.2, -0.15) is 15.0 Å². The van der Waals surface area contributed by atoms with Crippen molar-refractivity contribution in [3.8, 4) is 0 Å². The lowest BCUT2D eigenvalue weighted by Gasteiger charge is -2.20. The third kappa shape index (κ3) is 3.68. The van der Waals surface area contributed by atoms with Crippen LogP contribution in [0, 0.1) is 0 Å². The lowest BCUT2D eigenvalue weighted by Crippen LogP contribution is -2.32. The number of ether oxygens (including phenoxy) is 2. The summed E-state index contributed by atoms with van der Waals surface area (Å²) in [6, 6.07) is 0. The summed E-state index contributed by atoms with van der Waals surface area (Å²) in [7, 11) is 8.83. The lowest BCUT2D eigenvalue weighted by atomic mass is 10.6. The molecule has 0 unspecified atom stereocenters. The molecule has 0 spiro atoms. The van der Waals surface area contributed by atoms with Gasteiger partial charge >= 0.3 is 12.2 Å². The van der Waals surface area contributed by atoms with Gasteiger partial charge in [0.05, 0.1) is 14.2 Å². The van der Waals surface area contributed by atoms with Crippen LogP contribution in [-0.2, 0) is 9.47 Å². The number of methoxy groups -OCH3 is 2. The molecule has 21 heavy (non-hydrogen) atoms. The molecule has 10 nitrogen and oxygen atoms in total. The average molecular weight is 298 g/mol. The smallest absolute Gasteiger partial charge is 0.416 e. The Morgan fingerprint density at radius 2 is 1.10 bits per heavy atom. The van der Waals surface area contributed by atoms with Gasteiger partial charge in [-0.3, -0.25) is 0 Å². The van der Waals surface area contributed by atoms with E-state index in [2.05, 4.69) is 24.4 Å². The number of nitrogens with zero attached hydrogens (tertiary/aromatic N) is 6. The topological polar surface area (TPSA) is 101 Å². The first-order chi connectivity index (χ1) is 9.81. The van der Waals surface area contributed by atoms with Gasteiger partial charge in [0.25, 0.3) is 0 Å². The molecule has 0 radical (unpaired) electrons. The Labute approximate surface area is 122 Å². The molecule has 0 aromatic carbocycles. The highest BCUT2D eigenvalue weighted by Gasteiger charge is 2.21. The molecule has 0 atom stereocenters. The fourth-order valence-electron chi connectivity index (χ4n) is 1.28. The van der Waals surface area contributed by atoms with Gasteiger partial charge in [0.2, 0.25) is 17.8 Å². The third-order valence-corrected chi connectivity index (χ3v) is 2.50. The van der Waals surface area contributed by atoms with E-state index in [-0.39, 0.29) is 17.8 Å². The SMILES string of the molecule is COC(=O)N(C)c1nc(N(C)C)nc(N(C)C(=O)OC)n1. The predicted octanol–water partition coefficient (Wildman–Crippen LogP) is 0.343. The monoisotopic (exact) mass is 298 g/mol. The molecular weight excluding hydrogens is 280 g/mol. The minimum Gasteiger partial charge on any atom is -0.452 e. The maximum Gasteiger partial charge on any atom is 0.416 e. The van der Waals surface area contributed by atoms with Gasteiger partial charge in [-0.05, 0) is 0 Å². The second kappa shape index (κ2) is 6.68. The zero-order chi connectivity index (χ0) is 16.2. The highest BCUT2D eigenvalue weighted by molar-refractivity contribution is 5.87. The van der Waals surface area contributed by atoms with Crippen molar-refractivity contribution >= 4 is 30.0 Å². The number of carbonyl (C=O) groups is 2. The molecule has 10 heteroatoms. The van der Waals surface area contributed by atoms with Crippen molar-refractivity contribution in [2.75, 3.05) is 57.1 Å². The van der Waals surface area contributed by atoms with Crippen LogP contribution in [0.15, 0.2) is 0 Å². The highest BCUT2D eigenvalue weighted by Crippen LogP contribution is 2.17. The molecule has 0 fully saturated rings. The van der Waals surface area contributed by atoms with E-state index in [4.69, 9.17) is 0 Å². The molecule has 0 saturated carbocycles. The van der Waals surface area contributed by atoms with E-state index in [0.717, 1.165) is 9.80 Å². The van der Waals surface area contributed by atoms with E-state index in [1.54, 1.807) is 19.0 Å². The number of hydrogen-bond acceptors (Lipinski definition) is 8. The summed E-state index contributed by atoms with van der Waals surface area (Å²) in [4.78, 5) is 39.2. The van der Waals surface area contributed by atoms with Gasteiger partial charge in [-0.15, -0.1) is 0 Å². The fourth-order valence-corrected chi connectivity index (χ4v) is 1.28. The first kappa shape index (κ1) is 16.4. The van der Waals surface area contributed by atoms with Crippen molar-refractivity contribution < 1.29 is 19.1 Å². The molecule has 0 bridgehead atoms. The maximum atomic E-state index is 11.5. The third-order valence-electron chi connectivity index (χ3n) is 2.50. The minimum absolute atomic E-state index is 0.0475. The summed E-state index contributed by atoms with van der Waals surface area (Å²) in [5, 5.41) is 0. The molecule has 1 aromatic heterocycles. The zero-order valence-electron chi connectivity index (χ0n) is 12.8. The van der Waals surface area contributed by atoms with Gasteiger partial charge in [-0.1, -0.05) is 0 Å². The molecule has 1 aromatic rings. The Balaban J connectivity index is 3.30. The predicted molar refractivity (Wildman–Crippen MR) is 75.8 cm³/mol. The summed E-state index contributed by atoms with van der Waals surface area (Å²) in [5.41, 5.74) is 0. The molecule has 2 amide bonds. The molecular formula is C11H18N6O4. The van der Waals surface area contributed by atoms with Crippen LogP contribution in [0.5, 0.6) is 0 Å². The van der Waals surface area contributed by atoms with Crippen LogP contribution in [0.4, 0.5) is 27.4 Å². The largest absolute Gasteiger partial charge is 0.452 e. The van der Waals surface area contributed by atoms with E-state index >= 15 is 0 Å². The van der Waals surface area contributed by atoms with Gasteiger partial charge in [0.15, 0.2) is 0 Å². The minimum atomic E-state index is -0.641. The first-order valence-corrected chi connectivity index (χ1v) is 5.88. The van der Waals surface area contributed by atoms with Crippen LogP contribution in [0.3, 0.4) is 0 Å². The number of amides is 2. The Kier molecular flexibility index (Phi) is 5.22. The standard InChI is InChI=1S/C11H18N6O4/c1-15(2)7-12-8(16(3)10(18)20-5)14-9(13-7)17(4)11(19)21-6/h1-6H3. The number of aromatic nitrogens is 3. The van der Waals surface area contributed by atoms with E-state index in [1.807, 2.05) is 0 Å². The van der Waals surface area contributed by atoms with Gasteiger partial charge in [0, 0.05) is 28.2 Å². The van der Waals surface area contributed by atoms with Crippen LogP contribution in [-0.4, -0.2) is 69.5 Å². The number of hydrogen-bond donors (Lipinski definition) is 0. The molecule has 0 saturated heterocycles. The molecule has 116 valence electrons. The Morgan fingerprint density at radius 3 is 1.38 bits per heavy atom. The van der Waals surface area contributed by atoms with E-state index in [1.165, 1.54) is 28.3 Å². The molecule has 1 rings (SSSR count). The fraction of sp³-hybridized carbons (Fsp3) is 0.545. The average Bonchev–Trinajstić information content (AvgIpc) is 2.51. The van der Waals surface area contributed by atoms with Crippen LogP contribution in [0.25, 0.3) is 0 Å². The second-order valence-corrected chi connectivity index (χ2v) is 4.19. The lowest BCUT2D eigenvalue weighted by molar-refractivity contribution is 0.179. The zero-order valence-corrected chi connectivity index (χ0v) is 12.8. The number of rotatable bonds is 3. The van der Waals surface area contributed by atoms with Crippen molar-refractivity contribution in [3.05, 3.63) is 0 Å². The normalized spacial score (nSPS) is 9.81. The summed E-state index contributed by atoms with van der Waals surface area (Å²) in [5.74, 6) is 0.374. The molecule has 0 N–H and O–H groups in total. The summed E-state index contributed by atoms with van der Waals surface area (Å²) >= 11 is 0. The molecule has 0 aliphatic carbocycles. The van der Waals surface area contributed by atoms with Crippen molar-refractivity contribution in [3.63, 3.8) is 0 Å². The van der Waals surface area contributed by atoms with Crippen LogP contribution in [0.1, 0.15) is 0 Å². The number of anilines is 3. The van der Waals surface area contributed by atoms with E-state index in [0.29, 0.717) is 0 Å². The van der Waals surface area contributed by atoms with E-state index in [9.17, 15) is 9.59 Å². The molecule has 0 aliphatic rings. The molecule has 0 aliphatic heterocycles. The Morgan fingerprint density at radius 1 is 0.762 bits per heavy atom. The van der Waals surface area contributed by atoms with Gasteiger partial charge < -0.3 is 14.4 Å². The quantitative estimate of drug-likeness (QED) is 0.787. The maximum absolute atomic E-state index is 11.5. The van der Waals surface area contributed by atoms with Gasteiger partial charge in [0.1, 0.15) is 0 Å². The van der Waals surface area contributed by atoms with E-state index < -0.39 is 12.2 Å². The summed E-state index contributed by atoms with van der Waals surface area (Å²) < 4.78 is 9.21. The summed E-state index contributed by atoms with van der Waals surface area (Å²) in [6.45, 7) is 0. The number of carbonyl (C=O) groups excluding carboxylic acids is 2. The Bertz CT molecular complexity index is 495. The molecule has 1 heterocycles. The van der Waals surface area contributed by atoms with Gasteiger partial charge in [-0.25, -0.2) is 19.4 Å². The Hall–Kier alpha value is -2.65.